The van der Waals surface area contributed by atoms with Crippen LogP contribution in [0.1, 0.15) is 24.6 Å². The van der Waals surface area contributed by atoms with Crippen LogP contribution in [0.3, 0.4) is 0 Å². The predicted octanol–water partition coefficient (Wildman–Crippen LogP) is 4.32. The number of halogens is 2. The van der Waals surface area contributed by atoms with Crippen LogP contribution < -0.4 is 5.32 Å². The van der Waals surface area contributed by atoms with Gasteiger partial charge in [0.15, 0.2) is 5.82 Å². The lowest BCUT2D eigenvalue weighted by molar-refractivity contribution is -0.111. The van der Waals surface area contributed by atoms with Crippen LogP contribution in [0.25, 0.3) is 6.08 Å². The van der Waals surface area contributed by atoms with E-state index in [2.05, 4.69) is 22.4 Å². The quantitative estimate of drug-likeness (QED) is 0.805. The summed E-state index contributed by atoms with van der Waals surface area (Å²) in [6.45, 7) is 2.08. The molecule has 0 bridgehead atoms. The highest BCUT2D eigenvalue weighted by atomic mass is 35.5. The number of nitrogens with zero attached hydrogens (tertiary/aromatic N) is 1. The highest BCUT2D eigenvalue weighted by molar-refractivity contribution is 6.34. The lowest BCUT2D eigenvalue weighted by Crippen LogP contribution is -2.07. The summed E-state index contributed by atoms with van der Waals surface area (Å²) in [5.41, 5.74) is 1.76. The number of benzene rings is 1. The maximum absolute atomic E-state index is 11.8. The zero-order valence-electron chi connectivity index (χ0n) is 11.5. The summed E-state index contributed by atoms with van der Waals surface area (Å²) in [7, 11) is 0. The van der Waals surface area contributed by atoms with Crippen molar-refractivity contribution in [2.75, 3.05) is 5.32 Å². The Hall–Kier alpha value is -1.78. The van der Waals surface area contributed by atoms with Gasteiger partial charge in [0, 0.05) is 27.9 Å². The molecule has 0 unspecified atom stereocenters. The normalized spacial score (nSPS) is 11.0. The number of amides is 1. The second kappa shape index (κ2) is 7.29. The predicted molar refractivity (Wildman–Crippen MR) is 86.7 cm³/mol. The van der Waals surface area contributed by atoms with Gasteiger partial charge >= 0.3 is 0 Å². The van der Waals surface area contributed by atoms with E-state index in [1.54, 1.807) is 24.3 Å². The Kier molecular flexibility index (Phi) is 5.42. The van der Waals surface area contributed by atoms with Crippen LogP contribution in [-0.2, 0) is 11.2 Å². The summed E-state index contributed by atoms with van der Waals surface area (Å²) in [6, 6.07) is 6.92. The van der Waals surface area contributed by atoms with Gasteiger partial charge in [-0.15, -0.1) is 0 Å². The van der Waals surface area contributed by atoms with Crippen LogP contribution in [0.2, 0.25) is 10.0 Å². The van der Waals surface area contributed by atoms with E-state index in [0.29, 0.717) is 15.9 Å². The van der Waals surface area contributed by atoms with Gasteiger partial charge in [0.2, 0.25) is 5.91 Å². The van der Waals surface area contributed by atoms with Gasteiger partial charge in [-0.05, 0) is 36.3 Å². The zero-order valence-corrected chi connectivity index (χ0v) is 13.0. The zero-order chi connectivity index (χ0) is 15.2. The highest BCUT2D eigenvalue weighted by Crippen LogP contribution is 2.19. The first-order valence-corrected chi connectivity index (χ1v) is 7.32. The van der Waals surface area contributed by atoms with Crippen molar-refractivity contribution in [1.29, 1.82) is 0 Å². The molecule has 1 aromatic heterocycles. The van der Waals surface area contributed by atoms with Crippen LogP contribution in [0.4, 0.5) is 5.82 Å². The molecule has 0 atom stereocenters. The lowest BCUT2D eigenvalue weighted by atomic mass is 10.2. The molecular weight excluding hydrogens is 309 g/mol. The number of carbonyl (C=O) groups is 1. The maximum atomic E-state index is 11.8. The second-order valence-corrected chi connectivity index (χ2v) is 5.43. The summed E-state index contributed by atoms with van der Waals surface area (Å²) in [6.07, 6.45) is 4.98. The molecule has 6 heteroatoms. The van der Waals surface area contributed by atoms with Gasteiger partial charge in [-0.2, -0.15) is 5.10 Å². The Balaban J connectivity index is 1.98. The fourth-order valence-corrected chi connectivity index (χ4v) is 2.38. The smallest absolute Gasteiger partial charge is 0.249 e. The van der Waals surface area contributed by atoms with Gasteiger partial charge in [0.1, 0.15) is 0 Å². The van der Waals surface area contributed by atoms with Crippen molar-refractivity contribution in [1.82, 2.24) is 10.2 Å². The highest BCUT2D eigenvalue weighted by Gasteiger charge is 2.03. The minimum absolute atomic E-state index is 0.263. The largest absolute Gasteiger partial charge is 0.306 e. The topological polar surface area (TPSA) is 57.8 Å². The van der Waals surface area contributed by atoms with Gasteiger partial charge in [0.05, 0.1) is 0 Å². The van der Waals surface area contributed by atoms with Crippen molar-refractivity contribution in [2.24, 2.45) is 0 Å². The minimum Gasteiger partial charge on any atom is -0.306 e. The molecule has 1 heterocycles. The van der Waals surface area contributed by atoms with Crippen molar-refractivity contribution in [3.05, 3.63) is 51.6 Å². The molecule has 0 saturated heterocycles. The van der Waals surface area contributed by atoms with E-state index < -0.39 is 0 Å². The van der Waals surface area contributed by atoms with Crippen molar-refractivity contribution in [3.63, 3.8) is 0 Å². The number of aromatic amines is 1. The molecule has 0 spiro atoms. The third-order valence-electron chi connectivity index (χ3n) is 2.71. The third kappa shape index (κ3) is 4.92. The average molecular weight is 324 g/mol. The number of aryl methyl sites for hydroxylation is 1. The van der Waals surface area contributed by atoms with Crippen LogP contribution >= 0.6 is 23.2 Å². The molecule has 2 rings (SSSR count). The Morgan fingerprint density at radius 2 is 2.00 bits per heavy atom. The van der Waals surface area contributed by atoms with E-state index in [9.17, 15) is 4.79 Å². The van der Waals surface area contributed by atoms with E-state index in [1.165, 1.54) is 6.08 Å². The Labute approximate surface area is 133 Å². The molecule has 0 fully saturated rings. The molecule has 2 N–H and O–H groups in total. The molecule has 21 heavy (non-hydrogen) atoms. The van der Waals surface area contributed by atoms with Crippen molar-refractivity contribution < 1.29 is 4.79 Å². The minimum atomic E-state index is -0.263. The Morgan fingerprint density at radius 1 is 1.29 bits per heavy atom. The molecule has 0 aliphatic carbocycles. The number of H-pyrrole nitrogens is 1. The molecule has 1 amide bonds. The van der Waals surface area contributed by atoms with E-state index in [1.807, 2.05) is 6.07 Å². The summed E-state index contributed by atoms with van der Waals surface area (Å²) in [5.74, 6) is 0.248. The first kappa shape index (κ1) is 15.6. The molecular formula is C15H15Cl2N3O. The fraction of sp³-hybridized carbons (Fsp3) is 0.200. The van der Waals surface area contributed by atoms with Gasteiger partial charge in [-0.3, -0.25) is 9.89 Å². The van der Waals surface area contributed by atoms with Gasteiger partial charge in [-0.1, -0.05) is 36.5 Å². The van der Waals surface area contributed by atoms with Crippen molar-refractivity contribution >= 4 is 41.0 Å². The van der Waals surface area contributed by atoms with Crippen LogP contribution in [0.5, 0.6) is 0 Å². The fourth-order valence-electron chi connectivity index (χ4n) is 1.83. The molecule has 110 valence electrons. The van der Waals surface area contributed by atoms with Crippen LogP contribution in [0, 0.1) is 0 Å². The van der Waals surface area contributed by atoms with E-state index >= 15 is 0 Å². The monoisotopic (exact) mass is 323 g/mol. The van der Waals surface area contributed by atoms with Crippen LogP contribution in [-0.4, -0.2) is 16.1 Å². The standard InChI is InChI=1S/C15H15Cl2N3O/c1-2-3-13-9-14(20-19-13)18-15(21)5-4-10-6-11(16)8-12(17)7-10/h4-9H,2-3H2,1H3,(H2,18,19,20,21)/b5-4+. The first-order valence-electron chi connectivity index (χ1n) is 6.56. The summed E-state index contributed by atoms with van der Waals surface area (Å²) >= 11 is 11.8. The van der Waals surface area contributed by atoms with Gasteiger partial charge < -0.3 is 5.32 Å². The average Bonchev–Trinajstić information content (AvgIpc) is 2.83. The summed E-state index contributed by atoms with van der Waals surface area (Å²) < 4.78 is 0. The summed E-state index contributed by atoms with van der Waals surface area (Å²) in [4.78, 5) is 11.8. The SMILES string of the molecule is CCCc1cc(NC(=O)/C=C/c2cc(Cl)cc(Cl)c2)n[nH]1. The summed E-state index contributed by atoms with van der Waals surface area (Å²) in [5, 5.41) is 10.6. The van der Waals surface area contributed by atoms with Gasteiger partial charge in [0.25, 0.3) is 0 Å². The number of anilines is 1. The van der Waals surface area contributed by atoms with E-state index in [0.717, 1.165) is 24.1 Å². The maximum Gasteiger partial charge on any atom is 0.249 e. The molecule has 0 aliphatic rings. The number of rotatable bonds is 5. The Bertz CT molecular complexity index is 644. The van der Waals surface area contributed by atoms with Crippen LogP contribution in [0.15, 0.2) is 30.3 Å². The first-order chi connectivity index (χ1) is 10.1. The van der Waals surface area contributed by atoms with E-state index in [-0.39, 0.29) is 5.91 Å². The molecule has 2 aromatic rings. The van der Waals surface area contributed by atoms with Crippen molar-refractivity contribution in [2.45, 2.75) is 19.8 Å². The van der Waals surface area contributed by atoms with E-state index in [4.69, 9.17) is 23.2 Å². The molecule has 0 radical (unpaired) electrons. The number of nitrogens with one attached hydrogen (secondary N) is 2. The lowest BCUT2D eigenvalue weighted by Gasteiger charge is -1.98. The molecule has 1 aromatic carbocycles. The Morgan fingerprint density at radius 3 is 2.67 bits per heavy atom. The molecule has 4 nitrogen and oxygen atoms in total. The van der Waals surface area contributed by atoms with Crippen molar-refractivity contribution in [3.8, 4) is 0 Å². The second-order valence-electron chi connectivity index (χ2n) is 4.55. The number of hydrogen-bond acceptors (Lipinski definition) is 2. The number of carbonyl (C=O) groups excluding carboxylic acids is 1. The number of hydrogen-bond donors (Lipinski definition) is 2. The third-order valence-corrected chi connectivity index (χ3v) is 3.15. The molecule has 0 saturated carbocycles. The van der Waals surface area contributed by atoms with Gasteiger partial charge in [-0.25, -0.2) is 0 Å². The number of aromatic nitrogens is 2. The molecule has 0 aliphatic heterocycles.